The van der Waals surface area contributed by atoms with Crippen molar-refractivity contribution in [3.05, 3.63) is 28.8 Å². The second kappa shape index (κ2) is 6.47. The maximum Gasteiger partial charge on any atom is 0.319 e. The number of nitrogens with one attached hydrogen (secondary N) is 2. The molecule has 0 heterocycles. The van der Waals surface area contributed by atoms with Gasteiger partial charge < -0.3 is 15.4 Å². The fourth-order valence-electron chi connectivity index (χ4n) is 1.40. The van der Waals surface area contributed by atoms with E-state index in [1.54, 1.807) is 19.2 Å². The maximum atomic E-state index is 11.6. The molecule has 0 fully saturated rings. The van der Waals surface area contributed by atoms with Gasteiger partial charge in [0.05, 0.1) is 23.4 Å². The van der Waals surface area contributed by atoms with Gasteiger partial charge in [0.1, 0.15) is 0 Å². The lowest BCUT2D eigenvalue weighted by Gasteiger charge is -2.14. The van der Waals surface area contributed by atoms with Crippen molar-refractivity contribution in [2.75, 3.05) is 19.0 Å². The number of carbonyl (C=O) groups is 1. The third kappa shape index (κ3) is 4.63. The molecule has 0 saturated heterocycles. The van der Waals surface area contributed by atoms with Crippen LogP contribution in [0.1, 0.15) is 12.5 Å². The minimum Gasteiger partial charge on any atom is -0.383 e. The van der Waals surface area contributed by atoms with Gasteiger partial charge in [-0.15, -0.1) is 0 Å². The molecule has 1 rings (SSSR count). The lowest BCUT2D eigenvalue weighted by atomic mass is 10.2. The number of hydrogen-bond donors (Lipinski definition) is 2. The molecule has 0 aliphatic carbocycles. The molecule has 94 valence electrons. The van der Waals surface area contributed by atoms with Crippen LogP contribution in [0.15, 0.2) is 18.2 Å². The Morgan fingerprint density at radius 3 is 2.82 bits per heavy atom. The van der Waals surface area contributed by atoms with Crippen LogP contribution in [0, 0.1) is 6.92 Å². The molecule has 0 unspecified atom stereocenters. The molecule has 1 aromatic carbocycles. The van der Waals surface area contributed by atoms with Gasteiger partial charge in [-0.25, -0.2) is 4.79 Å². The van der Waals surface area contributed by atoms with Crippen molar-refractivity contribution in [3.8, 4) is 0 Å². The van der Waals surface area contributed by atoms with Crippen molar-refractivity contribution < 1.29 is 9.53 Å². The molecule has 1 aromatic rings. The minimum absolute atomic E-state index is 0.0516. The number of methoxy groups -OCH3 is 1. The first-order chi connectivity index (χ1) is 8.02. The number of hydrogen-bond acceptors (Lipinski definition) is 2. The summed E-state index contributed by atoms with van der Waals surface area (Å²) in [5.41, 5.74) is 1.65. The highest BCUT2D eigenvalue weighted by Gasteiger charge is 2.08. The fraction of sp³-hybridized carbons (Fsp3) is 0.417. The van der Waals surface area contributed by atoms with E-state index in [4.69, 9.17) is 16.3 Å². The van der Waals surface area contributed by atoms with E-state index in [1.165, 1.54) is 0 Å². The summed E-state index contributed by atoms with van der Waals surface area (Å²) in [4.78, 5) is 11.6. The Balaban J connectivity index is 2.56. The van der Waals surface area contributed by atoms with Crippen LogP contribution >= 0.6 is 11.6 Å². The number of anilines is 1. The summed E-state index contributed by atoms with van der Waals surface area (Å²) in [6.45, 7) is 4.27. The van der Waals surface area contributed by atoms with Crippen LogP contribution in [-0.2, 0) is 4.74 Å². The number of amides is 2. The SMILES string of the molecule is COC[C@H](C)NC(=O)Nc1ccc(C)cc1Cl. The molecule has 0 saturated carbocycles. The van der Waals surface area contributed by atoms with E-state index < -0.39 is 0 Å². The Labute approximate surface area is 106 Å². The van der Waals surface area contributed by atoms with Gasteiger partial charge in [0.25, 0.3) is 0 Å². The highest BCUT2D eigenvalue weighted by molar-refractivity contribution is 6.33. The topological polar surface area (TPSA) is 50.4 Å². The molecular formula is C12H17ClN2O2. The number of carbonyl (C=O) groups excluding carboxylic acids is 1. The first-order valence-corrected chi connectivity index (χ1v) is 5.73. The zero-order valence-electron chi connectivity index (χ0n) is 10.2. The normalized spacial score (nSPS) is 12.0. The predicted octanol–water partition coefficient (Wildman–Crippen LogP) is 2.80. The summed E-state index contributed by atoms with van der Waals surface area (Å²) in [5, 5.41) is 5.95. The van der Waals surface area contributed by atoms with E-state index in [9.17, 15) is 4.79 Å². The lowest BCUT2D eigenvalue weighted by Crippen LogP contribution is -2.38. The predicted molar refractivity (Wildman–Crippen MR) is 69.7 cm³/mol. The van der Waals surface area contributed by atoms with Crippen molar-refractivity contribution in [2.45, 2.75) is 19.9 Å². The molecule has 4 nitrogen and oxygen atoms in total. The number of urea groups is 1. The summed E-state index contributed by atoms with van der Waals surface area (Å²) >= 11 is 6.00. The van der Waals surface area contributed by atoms with Crippen molar-refractivity contribution in [3.63, 3.8) is 0 Å². The highest BCUT2D eigenvalue weighted by atomic mass is 35.5. The second-order valence-electron chi connectivity index (χ2n) is 3.94. The van der Waals surface area contributed by atoms with Crippen LogP contribution in [0.4, 0.5) is 10.5 Å². The smallest absolute Gasteiger partial charge is 0.319 e. The second-order valence-corrected chi connectivity index (χ2v) is 4.35. The first-order valence-electron chi connectivity index (χ1n) is 5.35. The van der Waals surface area contributed by atoms with E-state index in [-0.39, 0.29) is 12.1 Å². The number of benzene rings is 1. The molecule has 5 heteroatoms. The van der Waals surface area contributed by atoms with Crippen molar-refractivity contribution in [1.82, 2.24) is 5.32 Å². The van der Waals surface area contributed by atoms with Gasteiger partial charge in [0.2, 0.25) is 0 Å². The van der Waals surface area contributed by atoms with Gasteiger partial charge in [-0.1, -0.05) is 17.7 Å². The van der Waals surface area contributed by atoms with Gasteiger partial charge >= 0.3 is 6.03 Å². The Hall–Kier alpha value is -1.26. The van der Waals surface area contributed by atoms with Gasteiger partial charge in [-0.2, -0.15) is 0 Å². The molecule has 0 radical (unpaired) electrons. The molecule has 17 heavy (non-hydrogen) atoms. The molecule has 0 bridgehead atoms. The van der Waals surface area contributed by atoms with Gasteiger partial charge in [-0.05, 0) is 31.5 Å². The zero-order valence-corrected chi connectivity index (χ0v) is 11.0. The van der Waals surface area contributed by atoms with E-state index in [1.807, 2.05) is 19.9 Å². The third-order valence-corrected chi connectivity index (χ3v) is 2.48. The number of halogens is 1. The average Bonchev–Trinajstić information content (AvgIpc) is 2.22. The highest BCUT2D eigenvalue weighted by Crippen LogP contribution is 2.22. The molecule has 1 atom stereocenters. The molecule has 0 aliphatic rings. The van der Waals surface area contributed by atoms with Crippen molar-refractivity contribution in [1.29, 1.82) is 0 Å². The largest absolute Gasteiger partial charge is 0.383 e. The van der Waals surface area contributed by atoms with Gasteiger partial charge in [0, 0.05) is 7.11 Å². The summed E-state index contributed by atoms with van der Waals surface area (Å²) in [7, 11) is 1.59. The van der Waals surface area contributed by atoms with Crippen molar-refractivity contribution in [2.24, 2.45) is 0 Å². The quantitative estimate of drug-likeness (QED) is 0.870. The van der Waals surface area contributed by atoms with Crippen LogP contribution in [0.25, 0.3) is 0 Å². The maximum absolute atomic E-state index is 11.6. The number of aryl methyl sites for hydroxylation is 1. The van der Waals surface area contributed by atoms with E-state index in [0.717, 1.165) is 5.56 Å². The Morgan fingerprint density at radius 2 is 2.24 bits per heavy atom. The fourth-order valence-corrected chi connectivity index (χ4v) is 1.68. The minimum atomic E-state index is -0.291. The summed E-state index contributed by atoms with van der Waals surface area (Å²) < 4.78 is 4.93. The standard InChI is InChI=1S/C12H17ClN2O2/c1-8-4-5-11(10(13)6-8)15-12(16)14-9(2)7-17-3/h4-6,9H,7H2,1-3H3,(H2,14,15,16)/t9-/m0/s1. The van der Waals surface area contributed by atoms with E-state index >= 15 is 0 Å². The van der Waals surface area contributed by atoms with E-state index in [2.05, 4.69) is 10.6 Å². The molecule has 2 N–H and O–H groups in total. The van der Waals surface area contributed by atoms with Gasteiger partial charge in [-0.3, -0.25) is 0 Å². The average molecular weight is 257 g/mol. The van der Waals surface area contributed by atoms with E-state index in [0.29, 0.717) is 17.3 Å². The Kier molecular flexibility index (Phi) is 5.25. The van der Waals surface area contributed by atoms with Crippen LogP contribution in [0.3, 0.4) is 0 Å². The van der Waals surface area contributed by atoms with Crippen LogP contribution in [-0.4, -0.2) is 25.8 Å². The number of ether oxygens (including phenoxy) is 1. The summed E-state index contributed by atoms with van der Waals surface area (Å²) in [6, 6.07) is 5.12. The van der Waals surface area contributed by atoms with Gasteiger partial charge in [0.15, 0.2) is 0 Å². The van der Waals surface area contributed by atoms with Crippen LogP contribution < -0.4 is 10.6 Å². The van der Waals surface area contributed by atoms with Crippen molar-refractivity contribution >= 4 is 23.3 Å². The number of rotatable bonds is 4. The molecule has 2 amide bonds. The monoisotopic (exact) mass is 256 g/mol. The summed E-state index contributed by atoms with van der Waals surface area (Å²) in [5.74, 6) is 0. The first kappa shape index (κ1) is 13.8. The molecular weight excluding hydrogens is 240 g/mol. The lowest BCUT2D eigenvalue weighted by molar-refractivity contribution is 0.173. The Morgan fingerprint density at radius 1 is 1.53 bits per heavy atom. The van der Waals surface area contributed by atoms with Crippen LogP contribution in [0.5, 0.6) is 0 Å². The molecule has 0 aliphatic heterocycles. The molecule has 0 aromatic heterocycles. The molecule has 0 spiro atoms. The van der Waals surface area contributed by atoms with Crippen LogP contribution in [0.2, 0.25) is 5.02 Å². The summed E-state index contributed by atoms with van der Waals surface area (Å²) in [6.07, 6.45) is 0. The zero-order chi connectivity index (χ0) is 12.8. The Bertz CT molecular complexity index is 396. The third-order valence-electron chi connectivity index (χ3n) is 2.17.